The number of carbonyl (C=O) groups is 1. The summed E-state index contributed by atoms with van der Waals surface area (Å²) in [5, 5.41) is 2.94. The maximum atomic E-state index is 11.5. The van der Waals surface area contributed by atoms with Crippen molar-refractivity contribution >= 4 is 17.7 Å². The maximum Gasteiger partial charge on any atom is 0.222 e. The molecule has 15 heavy (non-hydrogen) atoms. The molecule has 3 nitrogen and oxygen atoms in total. The van der Waals surface area contributed by atoms with Crippen LogP contribution in [0.25, 0.3) is 0 Å². The van der Waals surface area contributed by atoms with Gasteiger partial charge in [-0.15, -0.1) is 0 Å². The Labute approximate surface area is 97.6 Å². The number of nitrogens with two attached hydrogens (primary N) is 1. The van der Waals surface area contributed by atoms with E-state index in [0.717, 1.165) is 19.4 Å². The van der Waals surface area contributed by atoms with Gasteiger partial charge < -0.3 is 11.1 Å². The van der Waals surface area contributed by atoms with Gasteiger partial charge in [0.2, 0.25) is 5.91 Å². The fourth-order valence-corrected chi connectivity index (χ4v) is 1.81. The minimum absolute atomic E-state index is 0.0567. The summed E-state index contributed by atoms with van der Waals surface area (Å²) in [6.07, 6.45) is 6.43. The first kappa shape index (κ1) is 14.8. The van der Waals surface area contributed by atoms with Gasteiger partial charge in [-0.1, -0.05) is 13.3 Å². The van der Waals surface area contributed by atoms with E-state index in [0.29, 0.717) is 6.54 Å². The van der Waals surface area contributed by atoms with E-state index in [1.807, 2.05) is 18.7 Å². The number of amides is 1. The van der Waals surface area contributed by atoms with E-state index in [1.165, 1.54) is 18.6 Å². The van der Waals surface area contributed by atoms with Gasteiger partial charge in [-0.25, -0.2) is 0 Å². The second-order valence-electron chi connectivity index (χ2n) is 3.82. The zero-order chi connectivity index (χ0) is 11.5. The Kier molecular flexibility index (Phi) is 10.2. The van der Waals surface area contributed by atoms with Gasteiger partial charge in [-0.3, -0.25) is 4.79 Å². The minimum atomic E-state index is 0.0567. The smallest absolute Gasteiger partial charge is 0.222 e. The SMILES string of the molecule is CSCCCCCNC(=O)C(C)CCN. The molecule has 0 fully saturated rings. The molecule has 1 amide bonds. The Morgan fingerprint density at radius 2 is 2.13 bits per heavy atom. The Morgan fingerprint density at radius 3 is 2.73 bits per heavy atom. The van der Waals surface area contributed by atoms with Crippen molar-refractivity contribution in [2.45, 2.75) is 32.6 Å². The van der Waals surface area contributed by atoms with Crippen molar-refractivity contribution in [1.29, 1.82) is 0 Å². The van der Waals surface area contributed by atoms with Crippen molar-refractivity contribution < 1.29 is 4.79 Å². The van der Waals surface area contributed by atoms with Crippen LogP contribution in [0.4, 0.5) is 0 Å². The van der Waals surface area contributed by atoms with E-state index in [2.05, 4.69) is 11.6 Å². The highest BCUT2D eigenvalue weighted by Crippen LogP contribution is 2.02. The molecule has 0 aromatic carbocycles. The van der Waals surface area contributed by atoms with Crippen molar-refractivity contribution in [1.82, 2.24) is 5.32 Å². The summed E-state index contributed by atoms with van der Waals surface area (Å²) in [4.78, 5) is 11.5. The number of hydrogen-bond acceptors (Lipinski definition) is 3. The molecule has 90 valence electrons. The first-order valence-electron chi connectivity index (χ1n) is 5.69. The highest BCUT2D eigenvalue weighted by atomic mass is 32.2. The fraction of sp³-hybridized carbons (Fsp3) is 0.909. The summed E-state index contributed by atoms with van der Waals surface area (Å²) < 4.78 is 0. The molecule has 0 aromatic heterocycles. The van der Waals surface area contributed by atoms with Crippen LogP contribution in [0.15, 0.2) is 0 Å². The Bertz CT molecular complexity index is 165. The molecule has 0 aromatic rings. The number of unbranched alkanes of at least 4 members (excludes halogenated alkanes) is 2. The van der Waals surface area contributed by atoms with Crippen LogP contribution in [0.2, 0.25) is 0 Å². The normalized spacial score (nSPS) is 12.5. The quantitative estimate of drug-likeness (QED) is 0.594. The standard InChI is InChI=1S/C11H24N2OS/c1-10(6-7-12)11(14)13-8-4-3-5-9-15-2/h10H,3-9,12H2,1-2H3,(H,13,14). The summed E-state index contributed by atoms with van der Waals surface area (Å²) in [5.74, 6) is 1.42. The monoisotopic (exact) mass is 232 g/mol. The highest BCUT2D eigenvalue weighted by Gasteiger charge is 2.10. The number of carbonyl (C=O) groups excluding carboxylic acids is 1. The van der Waals surface area contributed by atoms with Crippen LogP contribution >= 0.6 is 11.8 Å². The Balaban J connectivity index is 3.30. The third kappa shape index (κ3) is 8.75. The molecular weight excluding hydrogens is 208 g/mol. The Hall–Kier alpha value is -0.220. The summed E-state index contributed by atoms with van der Waals surface area (Å²) in [5.41, 5.74) is 5.39. The topological polar surface area (TPSA) is 55.1 Å². The molecule has 0 spiro atoms. The van der Waals surface area contributed by atoms with Gasteiger partial charge in [0.25, 0.3) is 0 Å². The molecule has 0 saturated heterocycles. The molecule has 0 rings (SSSR count). The van der Waals surface area contributed by atoms with E-state index in [1.54, 1.807) is 0 Å². The first-order chi connectivity index (χ1) is 7.22. The molecule has 0 bridgehead atoms. The van der Waals surface area contributed by atoms with Crippen LogP contribution in [0.3, 0.4) is 0 Å². The van der Waals surface area contributed by atoms with E-state index in [9.17, 15) is 4.79 Å². The van der Waals surface area contributed by atoms with Crippen LogP contribution in [0, 0.1) is 5.92 Å². The van der Waals surface area contributed by atoms with Gasteiger partial charge in [0.15, 0.2) is 0 Å². The molecular formula is C11H24N2OS. The van der Waals surface area contributed by atoms with Crippen molar-refractivity contribution in [3.8, 4) is 0 Å². The molecule has 0 aliphatic carbocycles. The number of thioether (sulfide) groups is 1. The molecule has 0 radical (unpaired) electrons. The average Bonchev–Trinajstić information content (AvgIpc) is 2.23. The van der Waals surface area contributed by atoms with Gasteiger partial charge in [0.1, 0.15) is 0 Å². The predicted octanol–water partition coefficient (Wildman–Crippen LogP) is 1.62. The number of hydrogen-bond donors (Lipinski definition) is 2. The van der Waals surface area contributed by atoms with Crippen LogP contribution in [-0.4, -0.2) is 31.0 Å². The van der Waals surface area contributed by atoms with E-state index >= 15 is 0 Å². The second kappa shape index (κ2) is 10.3. The lowest BCUT2D eigenvalue weighted by atomic mass is 10.1. The first-order valence-corrected chi connectivity index (χ1v) is 7.08. The lowest BCUT2D eigenvalue weighted by Crippen LogP contribution is -2.31. The Morgan fingerprint density at radius 1 is 1.40 bits per heavy atom. The van der Waals surface area contributed by atoms with E-state index < -0.39 is 0 Å². The van der Waals surface area contributed by atoms with Gasteiger partial charge >= 0.3 is 0 Å². The predicted molar refractivity (Wildman–Crippen MR) is 68.1 cm³/mol. The second-order valence-corrected chi connectivity index (χ2v) is 4.81. The van der Waals surface area contributed by atoms with Crippen molar-refractivity contribution in [3.05, 3.63) is 0 Å². The molecule has 0 aliphatic heterocycles. The zero-order valence-electron chi connectivity index (χ0n) is 9.92. The summed E-state index contributed by atoms with van der Waals surface area (Å²) in [7, 11) is 0. The molecule has 0 aliphatic rings. The van der Waals surface area contributed by atoms with Crippen LogP contribution in [-0.2, 0) is 4.79 Å². The molecule has 0 heterocycles. The van der Waals surface area contributed by atoms with Gasteiger partial charge in [0, 0.05) is 12.5 Å². The lowest BCUT2D eigenvalue weighted by Gasteiger charge is -2.10. The van der Waals surface area contributed by atoms with E-state index in [4.69, 9.17) is 5.73 Å². The van der Waals surface area contributed by atoms with Gasteiger partial charge in [0.05, 0.1) is 0 Å². The zero-order valence-corrected chi connectivity index (χ0v) is 10.7. The van der Waals surface area contributed by atoms with Crippen molar-refractivity contribution in [2.24, 2.45) is 11.7 Å². The lowest BCUT2D eigenvalue weighted by molar-refractivity contribution is -0.124. The van der Waals surface area contributed by atoms with Gasteiger partial charge in [-0.05, 0) is 37.8 Å². The maximum absolute atomic E-state index is 11.5. The van der Waals surface area contributed by atoms with Gasteiger partial charge in [-0.2, -0.15) is 11.8 Å². The molecule has 1 unspecified atom stereocenters. The molecule has 3 N–H and O–H groups in total. The summed E-state index contributed by atoms with van der Waals surface area (Å²) >= 11 is 1.88. The minimum Gasteiger partial charge on any atom is -0.356 e. The highest BCUT2D eigenvalue weighted by molar-refractivity contribution is 7.98. The number of rotatable bonds is 9. The molecule has 1 atom stereocenters. The average molecular weight is 232 g/mol. The molecule has 4 heteroatoms. The largest absolute Gasteiger partial charge is 0.356 e. The van der Waals surface area contributed by atoms with Crippen LogP contribution < -0.4 is 11.1 Å². The van der Waals surface area contributed by atoms with E-state index in [-0.39, 0.29) is 11.8 Å². The van der Waals surface area contributed by atoms with Crippen LogP contribution in [0.5, 0.6) is 0 Å². The van der Waals surface area contributed by atoms with Crippen molar-refractivity contribution in [3.63, 3.8) is 0 Å². The fourth-order valence-electron chi connectivity index (χ4n) is 1.32. The third-order valence-corrected chi connectivity index (χ3v) is 3.07. The number of nitrogens with one attached hydrogen (secondary N) is 1. The van der Waals surface area contributed by atoms with Crippen molar-refractivity contribution in [2.75, 3.05) is 25.1 Å². The summed E-state index contributed by atoms with van der Waals surface area (Å²) in [6.45, 7) is 3.32. The molecule has 0 saturated carbocycles. The van der Waals surface area contributed by atoms with Crippen LogP contribution in [0.1, 0.15) is 32.6 Å². The summed E-state index contributed by atoms with van der Waals surface area (Å²) in [6, 6.07) is 0. The third-order valence-electron chi connectivity index (χ3n) is 2.37.